The maximum absolute atomic E-state index is 13.7. The fourth-order valence-electron chi connectivity index (χ4n) is 2.37. The molecule has 88 valence electrons. The van der Waals surface area contributed by atoms with Gasteiger partial charge in [-0.1, -0.05) is 6.08 Å². The molecule has 0 amide bonds. The monoisotopic (exact) mass is 231 g/mol. The molecule has 1 unspecified atom stereocenters. The minimum atomic E-state index is -0.158. The average Bonchev–Trinajstić information content (AvgIpc) is 2.80. The van der Waals surface area contributed by atoms with Crippen LogP contribution in [0.2, 0.25) is 0 Å². The van der Waals surface area contributed by atoms with Gasteiger partial charge in [-0.25, -0.2) is 4.39 Å². The molecule has 3 nitrogen and oxygen atoms in total. The summed E-state index contributed by atoms with van der Waals surface area (Å²) in [6.07, 6.45) is 7.84. The maximum atomic E-state index is 13.7. The lowest BCUT2D eigenvalue weighted by atomic mass is 10.00. The Hall–Kier alpha value is -1.68. The van der Waals surface area contributed by atoms with Crippen molar-refractivity contribution >= 4 is 11.6 Å². The number of allylic oxidation sites excluding steroid dienone is 4. The van der Waals surface area contributed by atoms with Gasteiger partial charge < -0.3 is 5.73 Å². The van der Waals surface area contributed by atoms with Crippen LogP contribution in [-0.2, 0) is 6.54 Å². The van der Waals surface area contributed by atoms with Gasteiger partial charge >= 0.3 is 0 Å². The van der Waals surface area contributed by atoms with Crippen molar-refractivity contribution in [1.82, 2.24) is 9.78 Å². The highest BCUT2D eigenvalue weighted by Crippen LogP contribution is 2.28. The Morgan fingerprint density at radius 1 is 1.59 bits per heavy atom. The fourth-order valence-corrected chi connectivity index (χ4v) is 2.37. The standard InChI is InChI=1S/C13H14FN3/c1-8(15)7-17-13-5-10-9(11(13)6-16-17)3-2-4-12(10)14/h2,4-6,8H,3,7,15H2,1H3. The van der Waals surface area contributed by atoms with Gasteiger partial charge in [0, 0.05) is 16.8 Å². The lowest BCUT2D eigenvalue weighted by Crippen LogP contribution is -2.33. The van der Waals surface area contributed by atoms with Crippen LogP contribution in [0.25, 0.3) is 11.6 Å². The maximum Gasteiger partial charge on any atom is 0.130 e. The highest BCUT2D eigenvalue weighted by molar-refractivity contribution is 5.84. The van der Waals surface area contributed by atoms with Crippen LogP contribution in [0.15, 0.2) is 29.7 Å². The van der Waals surface area contributed by atoms with Gasteiger partial charge in [0.15, 0.2) is 0 Å². The van der Waals surface area contributed by atoms with E-state index in [0.29, 0.717) is 12.1 Å². The topological polar surface area (TPSA) is 43.8 Å². The molecular weight excluding hydrogens is 217 g/mol. The molecule has 1 aromatic heterocycles. The van der Waals surface area contributed by atoms with Crippen molar-refractivity contribution in [2.24, 2.45) is 5.73 Å². The molecular formula is C13H14FN3. The number of rotatable bonds is 2. The van der Waals surface area contributed by atoms with E-state index in [9.17, 15) is 4.39 Å². The highest BCUT2D eigenvalue weighted by atomic mass is 19.1. The highest BCUT2D eigenvalue weighted by Gasteiger charge is 2.19. The van der Waals surface area contributed by atoms with Gasteiger partial charge in [-0.3, -0.25) is 4.68 Å². The van der Waals surface area contributed by atoms with Crippen LogP contribution < -0.4 is 16.3 Å². The second-order valence-corrected chi connectivity index (χ2v) is 4.59. The van der Waals surface area contributed by atoms with Crippen LogP contribution in [0.4, 0.5) is 4.39 Å². The lowest BCUT2D eigenvalue weighted by Gasteiger charge is -2.07. The first-order valence-electron chi connectivity index (χ1n) is 5.76. The van der Waals surface area contributed by atoms with E-state index < -0.39 is 0 Å². The summed E-state index contributed by atoms with van der Waals surface area (Å²) in [6, 6.07) is 0.0389. The molecule has 0 aromatic carbocycles. The molecule has 0 saturated heterocycles. The van der Waals surface area contributed by atoms with Crippen LogP contribution in [0, 0.1) is 0 Å². The first-order valence-corrected chi connectivity index (χ1v) is 5.76. The van der Waals surface area contributed by atoms with E-state index in [1.807, 2.05) is 30.0 Å². The molecule has 2 N–H and O–H groups in total. The minimum absolute atomic E-state index is 0.0389. The third-order valence-electron chi connectivity index (χ3n) is 3.12. The Morgan fingerprint density at radius 3 is 3.18 bits per heavy atom. The summed E-state index contributed by atoms with van der Waals surface area (Å²) < 4.78 is 15.5. The Morgan fingerprint density at radius 2 is 2.41 bits per heavy atom. The molecule has 0 saturated carbocycles. The Kier molecular flexibility index (Phi) is 2.26. The molecule has 1 aromatic rings. The van der Waals surface area contributed by atoms with E-state index >= 15 is 0 Å². The SMILES string of the molecule is CC(N)Cn1ncc2c1=CC1=C(F)C=CCC=21. The van der Waals surface area contributed by atoms with Crippen LogP contribution in [0.5, 0.6) is 0 Å². The number of nitrogens with two attached hydrogens (primary N) is 1. The van der Waals surface area contributed by atoms with Gasteiger partial charge in [0.05, 0.1) is 18.1 Å². The zero-order valence-corrected chi connectivity index (χ0v) is 9.65. The summed E-state index contributed by atoms with van der Waals surface area (Å²) in [7, 11) is 0. The van der Waals surface area contributed by atoms with Crippen molar-refractivity contribution in [2.45, 2.75) is 25.9 Å². The van der Waals surface area contributed by atoms with Crippen LogP contribution in [-0.4, -0.2) is 15.8 Å². The van der Waals surface area contributed by atoms with Crippen molar-refractivity contribution in [3.8, 4) is 0 Å². The molecule has 0 fully saturated rings. The van der Waals surface area contributed by atoms with Crippen molar-refractivity contribution in [1.29, 1.82) is 0 Å². The van der Waals surface area contributed by atoms with Crippen molar-refractivity contribution in [3.63, 3.8) is 0 Å². The Balaban J connectivity index is 2.20. The third kappa shape index (κ3) is 1.56. The van der Waals surface area contributed by atoms with Crippen LogP contribution in [0.1, 0.15) is 13.3 Å². The van der Waals surface area contributed by atoms with E-state index in [2.05, 4.69) is 5.10 Å². The number of hydrogen-bond donors (Lipinski definition) is 1. The summed E-state index contributed by atoms with van der Waals surface area (Å²) >= 11 is 0. The molecule has 4 heteroatoms. The molecule has 1 heterocycles. The molecule has 3 rings (SSSR count). The largest absolute Gasteiger partial charge is 0.326 e. The Bertz CT molecular complexity index is 647. The molecule has 0 spiro atoms. The molecule has 1 atom stereocenters. The summed E-state index contributed by atoms with van der Waals surface area (Å²) in [5.74, 6) is -0.158. The predicted molar refractivity (Wildman–Crippen MR) is 64.9 cm³/mol. The molecule has 0 aliphatic heterocycles. The summed E-state index contributed by atoms with van der Waals surface area (Å²) in [6.45, 7) is 2.59. The minimum Gasteiger partial charge on any atom is -0.326 e. The van der Waals surface area contributed by atoms with Gasteiger partial charge in [0.1, 0.15) is 5.83 Å². The first-order chi connectivity index (χ1) is 8.16. The summed E-state index contributed by atoms with van der Waals surface area (Å²) in [4.78, 5) is 0. The smallest absolute Gasteiger partial charge is 0.130 e. The van der Waals surface area contributed by atoms with E-state index in [1.165, 1.54) is 6.08 Å². The average molecular weight is 231 g/mol. The number of fused-ring (bicyclic) bond motifs is 2. The number of halogens is 1. The quantitative estimate of drug-likeness (QED) is 0.798. The van der Waals surface area contributed by atoms with E-state index in [0.717, 1.165) is 22.6 Å². The van der Waals surface area contributed by atoms with Gasteiger partial charge in [-0.05, 0) is 31.1 Å². The number of nitrogens with zero attached hydrogens (tertiary/aromatic N) is 2. The van der Waals surface area contributed by atoms with Gasteiger partial charge in [-0.15, -0.1) is 0 Å². The zero-order valence-electron chi connectivity index (χ0n) is 9.65. The van der Waals surface area contributed by atoms with Gasteiger partial charge in [0.2, 0.25) is 0 Å². The molecule has 2 aliphatic carbocycles. The predicted octanol–water partition coefficient (Wildman–Crippen LogP) is 0.359. The van der Waals surface area contributed by atoms with Crippen molar-refractivity contribution < 1.29 is 4.39 Å². The van der Waals surface area contributed by atoms with E-state index in [-0.39, 0.29) is 11.9 Å². The normalized spacial score (nSPS) is 19.1. The second kappa shape index (κ2) is 3.67. The van der Waals surface area contributed by atoms with E-state index in [4.69, 9.17) is 5.73 Å². The van der Waals surface area contributed by atoms with Gasteiger partial charge in [0.25, 0.3) is 0 Å². The molecule has 17 heavy (non-hydrogen) atoms. The zero-order chi connectivity index (χ0) is 12.0. The first kappa shape index (κ1) is 10.5. The van der Waals surface area contributed by atoms with E-state index in [1.54, 1.807) is 0 Å². The second-order valence-electron chi connectivity index (χ2n) is 4.59. The summed E-state index contributed by atoms with van der Waals surface area (Å²) in [5.41, 5.74) is 7.52. The van der Waals surface area contributed by atoms with Crippen molar-refractivity contribution in [3.05, 3.63) is 40.3 Å². The van der Waals surface area contributed by atoms with Gasteiger partial charge in [-0.2, -0.15) is 5.10 Å². The third-order valence-corrected chi connectivity index (χ3v) is 3.12. The van der Waals surface area contributed by atoms with Crippen LogP contribution in [0.3, 0.4) is 0 Å². The molecule has 0 bridgehead atoms. The Labute approximate surface area is 98.4 Å². The number of aromatic nitrogens is 2. The molecule has 2 aliphatic rings. The van der Waals surface area contributed by atoms with Crippen LogP contribution >= 0.6 is 0 Å². The number of hydrogen-bond acceptors (Lipinski definition) is 2. The molecule has 0 radical (unpaired) electrons. The van der Waals surface area contributed by atoms with Crippen molar-refractivity contribution in [2.75, 3.05) is 0 Å². The summed E-state index contributed by atoms with van der Waals surface area (Å²) in [5, 5.41) is 6.33. The lowest BCUT2D eigenvalue weighted by molar-refractivity contribution is 0.527. The fraction of sp³-hybridized carbons (Fsp3) is 0.308.